The standard InChI is InChI=1S/C38H38FN3O7/c1-23-6-7-24-14-28(23)22-46-10-8-25-15-30(32-4-3-5-36(40-32)49-21-24)31(39)16-26(25)19-35-41-37-33(42(35)20-29-9-11-47-29)17-27(38(43)44)18-34(37)48-13-12-45-2/h3-7,14-18,29H,8-13,19-22H2,1-2H3,(H,43,44). The van der Waals surface area contributed by atoms with E-state index in [4.69, 9.17) is 28.7 Å². The number of pyridine rings is 1. The van der Waals surface area contributed by atoms with Crippen LogP contribution in [0, 0.1) is 12.7 Å². The van der Waals surface area contributed by atoms with E-state index in [1.54, 1.807) is 31.4 Å². The summed E-state index contributed by atoms with van der Waals surface area (Å²) in [7, 11) is 1.57. The SMILES string of the molecule is COCCOc1cc(C(=O)O)cc2c1nc(Cc1cc(F)c3cc1CCOCc1cc(ccc1C)COc1cccc-3n1)n2CC1CCO1. The van der Waals surface area contributed by atoms with Gasteiger partial charge in [0.15, 0.2) is 0 Å². The van der Waals surface area contributed by atoms with Gasteiger partial charge in [-0.3, -0.25) is 0 Å². The summed E-state index contributed by atoms with van der Waals surface area (Å²) in [5.41, 5.74) is 6.90. The number of hydrogen-bond donors (Lipinski definition) is 1. The predicted octanol–water partition coefficient (Wildman–Crippen LogP) is 6.30. The topological polar surface area (TPSA) is 114 Å². The molecule has 0 spiro atoms. The fourth-order valence-electron chi connectivity index (χ4n) is 6.24. The second-order valence-electron chi connectivity index (χ2n) is 12.4. The number of hydrogen-bond acceptors (Lipinski definition) is 8. The molecule has 49 heavy (non-hydrogen) atoms. The van der Waals surface area contributed by atoms with E-state index in [2.05, 4.69) is 24.0 Å². The molecule has 10 nitrogen and oxygen atoms in total. The van der Waals surface area contributed by atoms with Crippen molar-refractivity contribution in [2.75, 3.05) is 33.5 Å². The highest BCUT2D eigenvalue weighted by atomic mass is 19.1. The summed E-state index contributed by atoms with van der Waals surface area (Å²) >= 11 is 0. The van der Waals surface area contributed by atoms with Gasteiger partial charge in [0.05, 0.1) is 49.2 Å². The van der Waals surface area contributed by atoms with Crippen molar-refractivity contribution >= 4 is 17.0 Å². The number of methoxy groups -OCH3 is 1. The van der Waals surface area contributed by atoms with Crippen molar-refractivity contribution in [3.63, 3.8) is 0 Å². The molecule has 254 valence electrons. The fraction of sp³-hybridized carbons (Fsp3) is 0.342. The molecule has 1 unspecified atom stereocenters. The Morgan fingerprint density at radius 3 is 2.71 bits per heavy atom. The summed E-state index contributed by atoms with van der Waals surface area (Å²) in [5.74, 6) is -0.0927. The molecule has 2 aromatic heterocycles. The van der Waals surface area contributed by atoms with Crippen molar-refractivity contribution in [1.82, 2.24) is 14.5 Å². The number of imidazole rings is 1. The number of benzene rings is 3. The smallest absolute Gasteiger partial charge is 0.335 e. The molecule has 2 aliphatic heterocycles. The third-order valence-electron chi connectivity index (χ3n) is 9.08. The summed E-state index contributed by atoms with van der Waals surface area (Å²) in [6.45, 7) is 4.93. The first-order chi connectivity index (χ1) is 23.9. The molecule has 1 N–H and O–H groups in total. The van der Waals surface area contributed by atoms with E-state index in [0.717, 1.165) is 34.2 Å². The molecule has 1 saturated heterocycles. The molecule has 0 amide bonds. The Bertz CT molecular complexity index is 2010. The Hall–Kier alpha value is -4.84. The zero-order valence-corrected chi connectivity index (χ0v) is 27.5. The maximum Gasteiger partial charge on any atom is 0.335 e. The molecule has 1 atom stereocenters. The van der Waals surface area contributed by atoms with Crippen LogP contribution in [0.3, 0.4) is 0 Å². The zero-order chi connectivity index (χ0) is 33.9. The lowest BCUT2D eigenvalue weighted by molar-refractivity contribution is -0.0589. The number of carboxylic acids is 1. The Kier molecular flexibility index (Phi) is 9.56. The minimum Gasteiger partial charge on any atom is -0.489 e. The number of rotatable bonds is 9. The van der Waals surface area contributed by atoms with Crippen LogP contribution in [0.15, 0.2) is 60.7 Å². The lowest BCUT2D eigenvalue weighted by Gasteiger charge is -2.27. The van der Waals surface area contributed by atoms with E-state index >= 15 is 4.39 Å². The largest absolute Gasteiger partial charge is 0.489 e. The van der Waals surface area contributed by atoms with E-state index in [1.807, 2.05) is 22.8 Å². The summed E-state index contributed by atoms with van der Waals surface area (Å²) in [6, 6.07) is 18.0. The quantitative estimate of drug-likeness (QED) is 0.181. The fourth-order valence-corrected chi connectivity index (χ4v) is 6.24. The number of carbonyl (C=O) groups is 1. The average Bonchev–Trinajstić information content (AvgIpc) is 3.42. The Morgan fingerprint density at radius 2 is 1.92 bits per heavy atom. The van der Waals surface area contributed by atoms with Crippen LogP contribution in [0.4, 0.5) is 4.39 Å². The van der Waals surface area contributed by atoms with Gasteiger partial charge in [0.2, 0.25) is 5.88 Å². The first kappa shape index (κ1) is 32.7. The number of aromatic nitrogens is 3. The van der Waals surface area contributed by atoms with Gasteiger partial charge in [0.1, 0.15) is 36.1 Å². The number of halogens is 1. The molecule has 6 bridgehead atoms. The lowest BCUT2D eigenvalue weighted by atomic mass is 9.96. The molecule has 4 heterocycles. The molecule has 11 heteroatoms. The van der Waals surface area contributed by atoms with Gasteiger partial charge in [-0.25, -0.2) is 19.2 Å². The van der Waals surface area contributed by atoms with E-state index in [1.165, 1.54) is 6.07 Å². The Balaban J connectivity index is 1.30. The maximum atomic E-state index is 16.1. The van der Waals surface area contributed by atoms with E-state index in [-0.39, 0.29) is 24.7 Å². The van der Waals surface area contributed by atoms with Crippen LogP contribution in [0.25, 0.3) is 22.3 Å². The summed E-state index contributed by atoms with van der Waals surface area (Å²) in [5, 5.41) is 9.92. The molecule has 7 rings (SSSR count). The molecule has 2 aliphatic rings. The van der Waals surface area contributed by atoms with Crippen molar-refractivity contribution in [2.24, 2.45) is 0 Å². The third kappa shape index (κ3) is 7.15. The highest BCUT2D eigenvalue weighted by molar-refractivity contribution is 5.95. The first-order valence-corrected chi connectivity index (χ1v) is 16.4. The summed E-state index contributed by atoms with van der Waals surface area (Å²) < 4.78 is 47.2. The number of aryl methyl sites for hydroxylation is 1. The van der Waals surface area contributed by atoms with Gasteiger partial charge in [-0.05, 0) is 84.0 Å². The van der Waals surface area contributed by atoms with Crippen LogP contribution in [0.5, 0.6) is 11.6 Å². The van der Waals surface area contributed by atoms with Crippen LogP contribution < -0.4 is 9.47 Å². The van der Waals surface area contributed by atoms with E-state index < -0.39 is 11.8 Å². The van der Waals surface area contributed by atoms with Gasteiger partial charge in [-0.2, -0.15) is 0 Å². The molecule has 1 fully saturated rings. The van der Waals surface area contributed by atoms with E-state index in [9.17, 15) is 9.90 Å². The second-order valence-corrected chi connectivity index (χ2v) is 12.4. The van der Waals surface area contributed by atoms with Gasteiger partial charge in [0.25, 0.3) is 0 Å². The van der Waals surface area contributed by atoms with Crippen molar-refractivity contribution in [3.05, 3.63) is 106 Å². The van der Waals surface area contributed by atoms with Crippen molar-refractivity contribution in [1.29, 1.82) is 0 Å². The molecular weight excluding hydrogens is 629 g/mol. The third-order valence-corrected chi connectivity index (χ3v) is 9.08. The van der Waals surface area contributed by atoms with Crippen LogP contribution in [0.2, 0.25) is 0 Å². The molecule has 3 aromatic carbocycles. The van der Waals surface area contributed by atoms with E-state index in [0.29, 0.717) is 85.7 Å². The normalized spacial score (nSPS) is 15.9. The summed E-state index contributed by atoms with van der Waals surface area (Å²) in [4.78, 5) is 21.8. The molecule has 0 radical (unpaired) electrons. The van der Waals surface area contributed by atoms with Crippen LogP contribution in [-0.2, 0) is 46.8 Å². The number of nitrogens with zero attached hydrogens (tertiary/aromatic N) is 3. The van der Waals surface area contributed by atoms with Crippen molar-refractivity contribution in [2.45, 2.75) is 52.0 Å². The van der Waals surface area contributed by atoms with Crippen molar-refractivity contribution in [3.8, 4) is 22.9 Å². The lowest BCUT2D eigenvalue weighted by Crippen LogP contribution is -2.31. The maximum absolute atomic E-state index is 16.1. The first-order valence-electron chi connectivity index (χ1n) is 16.4. The highest BCUT2D eigenvalue weighted by Crippen LogP contribution is 2.33. The van der Waals surface area contributed by atoms with Crippen molar-refractivity contribution < 1.29 is 38.0 Å². The minimum absolute atomic E-state index is 0.0420. The van der Waals surface area contributed by atoms with Gasteiger partial charge in [-0.15, -0.1) is 0 Å². The second kappa shape index (κ2) is 14.3. The number of ether oxygens (including phenoxy) is 5. The van der Waals surface area contributed by atoms with Gasteiger partial charge < -0.3 is 33.4 Å². The molecular formula is C38H38FN3O7. The Labute approximate surface area is 283 Å². The molecule has 0 aliphatic carbocycles. The zero-order valence-electron chi connectivity index (χ0n) is 27.5. The molecule has 5 aromatic rings. The van der Waals surface area contributed by atoms with Gasteiger partial charge in [-0.1, -0.05) is 18.2 Å². The predicted molar refractivity (Wildman–Crippen MR) is 180 cm³/mol. The number of carboxylic acid groups (broad SMARTS) is 1. The van der Waals surface area contributed by atoms with Crippen LogP contribution in [0.1, 0.15) is 50.4 Å². The van der Waals surface area contributed by atoms with Crippen LogP contribution in [-0.4, -0.2) is 65.3 Å². The minimum atomic E-state index is -1.08. The van der Waals surface area contributed by atoms with Gasteiger partial charge in [0, 0.05) is 31.8 Å². The molecule has 0 saturated carbocycles. The highest BCUT2D eigenvalue weighted by Gasteiger charge is 2.25. The number of aromatic carboxylic acids is 1. The monoisotopic (exact) mass is 667 g/mol. The average molecular weight is 668 g/mol. The summed E-state index contributed by atoms with van der Waals surface area (Å²) in [6.07, 6.45) is 1.64. The van der Waals surface area contributed by atoms with Gasteiger partial charge >= 0.3 is 5.97 Å². The Morgan fingerprint density at radius 1 is 1.04 bits per heavy atom. The van der Waals surface area contributed by atoms with Crippen LogP contribution >= 0.6 is 0 Å². The number of fused-ring (bicyclic) bond motifs is 8.